The zero-order chi connectivity index (χ0) is 19.9. The summed E-state index contributed by atoms with van der Waals surface area (Å²) < 4.78 is 10.8. The number of carbonyl (C=O) groups excluding carboxylic acids is 1. The molecular weight excluding hydrogens is 401 g/mol. The number of amides is 1. The number of benzene rings is 2. The van der Waals surface area contributed by atoms with E-state index in [-0.39, 0.29) is 18.9 Å². The van der Waals surface area contributed by atoms with Crippen LogP contribution in [-0.4, -0.2) is 17.5 Å². The monoisotopic (exact) mass is 415 g/mol. The molecule has 8 heteroatoms. The highest BCUT2D eigenvalue weighted by Gasteiger charge is 2.12. The predicted molar refractivity (Wildman–Crippen MR) is 106 cm³/mol. The number of hydrogen-bond donors (Lipinski definition) is 1. The maximum Gasteiger partial charge on any atom is 0.224 e. The molecule has 0 saturated heterocycles. The van der Waals surface area contributed by atoms with Gasteiger partial charge in [0.2, 0.25) is 5.91 Å². The van der Waals surface area contributed by atoms with E-state index in [1.807, 2.05) is 6.07 Å². The highest BCUT2D eigenvalue weighted by Crippen LogP contribution is 2.30. The van der Waals surface area contributed by atoms with Gasteiger partial charge in [0.1, 0.15) is 11.8 Å². The van der Waals surface area contributed by atoms with Crippen LogP contribution in [0.3, 0.4) is 0 Å². The number of aromatic nitrogens is 1. The smallest absolute Gasteiger partial charge is 0.224 e. The number of aryl methyl sites for hydroxylation is 1. The molecule has 1 aromatic heterocycles. The molecule has 1 N–H and O–H groups in total. The average molecular weight is 416 g/mol. The number of rotatable bonds is 7. The maximum absolute atomic E-state index is 12.1. The number of nitrogens with one attached hydrogen (secondary N) is 1. The molecule has 0 aliphatic carbocycles. The van der Waals surface area contributed by atoms with Crippen LogP contribution in [0, 0.1) is 11.3 Å². The van der Waals surface area contributed by atoms with Crippen molar-refractivity contribution in [3.63, 3.8) is 0 Å². The van der Waals surface area contributed by atoms with Crippen molar-refractivity contribution < 1.29 is 13.9 Å². The van der Waals surface area contributed by atoms with Crippen LogP contribution < -0.4 is 10.1 Å². The Morgan fingerprint density at radius 2 is 2.00 bits per heavy atom. The van der Waals surface area contributed by atoms with Gasteiger partial charge in [0.05, 0.1) is 11.2 Å². The van der Waals surface area contributed by atoms with Crippen LogP contribution in [0.1, 0.15) is 12.3 Å². The first-order valence-electron chi connectivity index (χ1n) is 8.35. The van der Waals surface area contributed by atoms with Crippen molar-refractivity contribution in [3.8, 4) is 23.1 Å². The van der Waals surface area contributed by atoms with Crippen molar-refractivity contribution in [1.29, 1.82) is 5.26 Å². The van der Waals surface area contributed by atoms with Gasteiger partial charge in [0, 0.05) is 29.1 Å². The molecule has 0 spiro atoms. The lowest BCUT2D eigenvalue weighted by Gasteiger charge is -2.06. The molecule has 1 heterocycles. The molecular formula is C20H15Cl2N3O3. The molecule has 0 aliphatic heterocycles. The van der Waals surface area contributed by atoms with Gasteiger partial charge in [-0.3, -0.25) is 4.79 Å². The van der Waals surface area contributed by atoms with E-state index >= 15 is 0 Å². The van der Waals surface area contributed by atoms with Crippen LogP contribution in [0.2, 0.25) is 10.0 Å². The third-order valence-corrected chi connectivity index (χ3v) is 4.31. The molecule has 0 aliphatic rings. The Hall–Kier alpha value is -3.01. The summed E-state index contributed by atoms with van der Waals surface area (Å²) in [7, 11) is 0. The molecule has 0 radical (unpaired) electrons. The zero-order valence-corrected chi connectivity index (χ0v) is 16.1. The van der Waals surface area contributed by atoms with Gasteiger partial charge in [-0.2, -0.15) is 5.26 Å². The summed E-state index contributed by atoms with van der Waals surface area (Å²) in [5, 5.41) is 12.3. The van der Waals surface area contributed by atoms with E-state index in [0.717, 1.165) is 0 Å². The van der Waals surface area contributed by atoms with Gasteiger partial charge in [-0.05, 0) is 42.5 Å². The third kappa shape index (κ3) is 5.26. The summed E-state index contributed by atoms with van der Waals surface area (Å²) >= 11 is 12.1. The topological polar surface area (TPSA) is 88.1 Å². The van der Waals surface area contributed by atoms with Crippen LogP contribution in [0.15, 0.2) is 53.1 Å². The summed E-state index contributed by atoms with van der Waals surface area (Å²) in [4.78, 5) is 16.3. The van der Waals surface area contributed by atoms with Gasteiger partial charge in [-0.15, -0.1) is 0 Å². The van der Waals surface area contributed by atoms with Crippen molar-refractivity contribution in [2.45, 2.75) is 12.8 Å². The van der Waals surface area contributed by atoms with E-state index in [0.29, 0.717) is 45.1 Å². The molecule has 142 valence electrons. The Kier molecular flexibility index (Phi) is 6.53. The predicted octanol–water partition coefficient (Wildman–Crippen LogP) is 5.12. The van der Waals surface area contributed by atoms with E-state index in [1.165, 1.54) is 0 Å². The molecule has 0 fully saturated rings. The van der Waals surface area contributed by atoms with Crippen molar-refractivity contribution >= 4 is 34.8 Å². The third-order valence-electron chi connectivity index (χ3n) is 3.76. The fourth-order valence-electron chi connectivity index (χ4n) is 2.43. The van der Waals surface area contributed by atoms with Crippen molar-refractivity contribution in [2.24, 2.45) is 0 Å². The van der Waals surface area contributed by atoms with Gasteiger partial charge in [-0.25, -0.2) is 4.98 Å². The molecule has 3 aromatic rings. The maximum atomic E-state index is 12.1. The second-order valence-electron chi connectivity index (χ2n) is 5.76. The first kappa shape index (κ1) is 19.7. The molecule has 0 unspecified atom stereocenters. The first-order valence-corrected chi connectivity index (χ1v) is 9.10. The number of carbonyl (C=O) groups is 1. The minimum absolute atomic E-state index is 0.0227. The molecule has 0 bridgehead atoms. The van der Waals surface area contributed by atoms with Crippen LogP contribution in [0.4, 0.5) is 5.69 Å². The summed E-state index contributed by atoms with van der Waals surface area (Å²) in [6.07, 6.45) is 2.13. The second kappa shape index (κ2) is 9.27. The molecule has 28 heavy (non-hydrogen) atoms. The molecule has 0 saturated carbocycles. The Bertz CT molecular complexity index is 1010. The van der Waals surface area contributed by atoms with E-state index in [1.54, 1.807) is 48.7 Å². The molecule has 1 amide bonds. The number of nitriles is 1. The number of anilines is 1. The normalized spacial score (nSPS) is 10.3. The minimum atomic E-state index is -0.171. The number of nitrogens with zero attached hydrogens (tertiary/aromatic N) is 2. The van der Waals surface area contributed by atoms with Gasteiger partial charge < -0.3 is 14.5 Å². The highest BCUT2D eigenvalue weighted by atomic mass is 35.5. The van der Waals surface area contributed by atoms with Crippen LogP contribution in [0.5, 0.6) is 5.75 Å². The van der Waals surface area contributed by atoms with E-state index in [4.69, 9.17) is 37.6 Å². The number of ether oxygens (including phenoxy) is 1. The van der Waals surface area contributed by atoms with E-state index in [9.17, 15) is 4.79 Å². The molecule has 2 aromatic carbocycles. The average Bonchev–Trinajstić information content (AvgIpc) is 3.14. The Balaban J connectivity index is 1.54. The van der Waals surface area contributed by atoms with Gasteiger partial charge in [0.15, 0.2) is 18.3 Å². The van der Waals surface area contributed by atoms with Crippen LogP contribution in [-0.2, 0) is 11.2 Å². The lowest BCUT2D eigenvalue weighted by atomic mass is 10.2. The second-order valence-corrected chi connectivity index (χ2v) is 6.61. The summed E-state index contributed by atoms with van der Waals surface area (Å²) in [5.41, 5.74) is 1.32. The Morgan fingerprint density at radius 3 is 2.71 bits per heavy atom. The van der Waals surface area contributed by atoms with Crippen molar-refractivity contribution in [2.75, 3.05) is 11.9 Å². The van der Waals surface area contributed by atoms with Crippen LogP contribution >= 0.6 is 23.2 Å². The van der Waals surface area contributed by atoms with Crippen molar-refractivity contribution in [3.05, 3.63) is 64.6 Å². The first-order chi connectivity index (χ1) is 13.5. The minimum Gasteiger partial charge on any atom is -0.479 e. The highest BCUT2D eigenvalue weighted by molar-refractivity contribution is 6.36. The summed E-state index contributed by atoms with van der Waals surface area (Å²) in [5.74, 6) is 1.35. The Labute approximate surface area is 171 Å². The number of halogens is 2. The van der Waals surface area contributed by atoms with E-state index in [2.05, 4.69) is 10.3 Å². The number of hydrogen-bond acceptors (Lipinski definition) is 5. The number of oxazole rings is 1. The fourth-order valence-corrected chi connectivity index (χ4v) is 2.94. The fraction of sp³-hybridized carbons (Fsp3) is 0.150. The zero-order valence-electron chi connectivity index (χ0n) is 14.6. The Morgan fingerprint density at radius 1 is 1.21 bits per heavy atom. The van der Waals surface area contributed by atoms with Crippen molar-refractivity contribution in [1.82, 2.24) is 4.98 Å². The van der Waals surface area contributed by atoms with Gasteiger partial charge in [0.25, 0.3) is 0 Å². The molecule has 3 rings (SSSR count). The SMILES string of the molecule is N#CCOc1ccc(NC(=O)CCc2ncc(-c3ccc(Cl)cc3Cl)o2)cc1. The quantitative estimate of drug-likeness (QED) is 0.578. The van der Waals surface area contributed by atoms with Crippen LogP contribution in [0.25, 0.3) is 11.3 Å². The standard InChI is InChI=1S/C20H15Cl2N3O3/c21-13-1-6-16(17(22)11-13)18-12-24-20(28-18)8-7-19(26)25-14-2-4-15(5-3-14)27-10-9-23/h1-6,11-12H,7-8,10H2,(H,25,26). The lowest BCUT2D eigenvalue weighted by molar-refractivity contribution is -0.116. The summed E-state index contributed by atoms with van der Waals surface area (Å²) in [6, 6.07) is 13.8. The lowest BCUT2D eigenvalue weighted by Crippen LogP contribution is -2.12. The van der Waals surface area contributed by atoms with Gasteiger partial charge in [-0.1, -0.05) is 23.2 Å². The van der Waals surface area contributed by atoms with E-state index < -0.39 is 0 Å². The summed E-state index contributed by atoms with van der Waals surface area (Å²) in [6.45, 7) is -0.0227. The molecule has 0 atom stereocenters. The largest absolute Gasteiger partial charge is 0.479 e. The van der Waals surface area contributed by atoms with Gasteiger partial charge >= 0.3 is 0 Å². The molecule has 6 nitrogen and oxygen atoms in total.